The smallest absolute Gasteiger partial charge is 0.497 e. The van der Waals surface area contributed by atoms with Gasteiger partial charge >= 0.3 is 24.3 Å². The first-order valence-corrected chi connectivity index (χ1v) is 18.6. The lowest BCUT2D eigenvalue weighted by atomic mass is 9.71. The van der Waals surface area contributed by atoms with Crippen LogP contribution < -0.4 is 4.74 Å². The molecule has 0 N–H and O–H groups in total. The number of rotatable bonds is 8. The fourth-order valence-corrected chi connectivity index (χ4v) is 7.34. The number of methoxy groups -OCH3 is 1. The molecule has 0 bridgehead atoms. The second-order valence-electron chi connectivity index (χ2n) is 17.7. The zero-order chi connectivity index (χ0) is 39.6. The van der Waals surface area contributed by atoms with E-state index in [1.807, 2.05) is 75.4 Å². The van der Waals surface area contributed by atoms with Crippen molar-refractivity contribution in [2.75, 3.05) is 39.8 Å². The van der Waals surface area contributed by atoms with E-state index >= 15 is 0 Å². The summed E-state index contributed by atoms with van der Waals surface area (Å²) in [7, 11) is 1.58. The van der Waals surface area contributed by atoms with Gasteiger partial charge in [0.15, 0.2) is 12.2 Å². The van der Waals surface area contributed by atoms with E-state index < -0.39 is 70.7 Å². The normalized spacial score (nSPS) is 22.7. The van der Waals surface area contributed by atoms with Crippen LogP contribution in [0.3, 0.4) is 0 Å². The van der Waals surface area contributed by atoms with Crippen molar-refractivity contribution in [2.45, 2.75) is 110 Å². The lowest BCUT2D eigenvalue weighted by Crippen LogP contribution is -2.64. The highest BCUT2D eigenvalue weighted by Gasteiger charge is 2.60. The molecular formula is C41H57N3O10. The average Bonchev–Trinajstić information content (AvgIpc) is 3.57. The Balaban J connectivity index is 1.46. The Morgan fingerprint density at radius 1 is 0.704 bits per heavy atom. The summed E-state index contributed by atoms with van der Waals surface area (Å²) in [5, 5.41) is 0. The van der Waals surface area contributed by atoms with Crippen LogP contribution >= 0.6 is 0 Å². The van der Waals surface area contributed by atoms with Crippen LogP contribution in [0, 0.1) is 11.3 Å². The highest BCUT2D eigenvalue weighted by atomic mass is 16.7. The van der Waals surface area contributed by atoms with Crippen LogP contribution in [0.2, 0.25) is 0 Å². The first-order valence-electron chi connectivity index (χ1n) is 18.6. The summed E-state index contributed by atoms with van der Waals surface area (Å²) in [4.78, 5) is 60.0. The zero-order valence-corrected chi connectivity index (χ0v) is 33.4. The van der Waals surface area contributed by atoms with Crippen LogP contribution in [0.15, 0.2) is 54.6 Å². The fourth-order valence-electron chi connectivity index (χ4n) is 7.34. The van der Waals surface area contributed by atoms with Crippen molar-refractivity contribution in [3.05, 3.63) is 65.7 Å². The summed E-state index contributed by atoms with van der Waals surface area (Å²) < 4.78 is 34.7. The van der Waals surface area contributed by atoms with Gasteiger partial charge in [-0.25, -0.2) is 14.4 Å². The van der Waals surface area contributed by atoms with E-state index in [-0.39, 0.29) is 13.0 Å². The minimum Gasteiger partial charge on any atom is -0.497 e. The molecule has 3 fully saturated rings. The molecule has 1 spiro atoms. The van der Waals surface area contributed by atoms with E-state index in [2.05, 4.69) is 4.90 Å². The lowest BCUT2D eigenvalue weighted by molar-refractivity contribution is -0.168. The predicted octanol–water partition coefficient (Wildman–Crippen LogP) is 6.46. The molecule has 3 aliphatic heterocycles. The van der Waals surface area contributed by atoms with Crippen molar-refractivity contribution in [1.29, 1.82) is 0 Å². The zero-order valence-electron chi connectivity index (χ0n) is 33.4. The van der Waals surface area contributed by atoms with E-state index in [1.165, 1.54) is 4.90 Å². The SMILES string of the molecule is COc1ccc(C[C@@H]2[C@H](OC(=O)C3CN(Cc4ccccc4)CC34CN(C(=O)OC(C)(C)C)C4)[C@@H](OC(=O)OC(C)(C)C)CN2C(=O)OC(C)(C)C)cc1. The Hall–Kier alpha value is -4.52. The van der Waals surface area contributed by atoms with Crippen molar-refractivity contribution >= 4 is 24.3 Å². The number of hydrogen-bond donors (Lipinski definition) is 0. The van der Waals surface area contributed by atoms with Crippen molar-refractivity contribution < 1.29 is 47.6 Å². The lowest BCUT2D eigenvalue weighted by Gasteiger charge is -2.50. The second kappa shape index (κ2) is 15.7. The van der Waals surface area contributed by atoms with Gasteiger partial charge in [0.1, 0.15) is 22.6 Å². The van der Waals surface area contributed by atoms with Gasteiger partial charge in [0.05, 0.1) is 25.6 Å². The maximum Gasteiger partial charge on any atom is 0.509 e. The molecular weight excluding hydrogens is 694 g/mol. The molecule has 0 aliphatic carbocycles. The van der Waals surface area contributed by atoms with E-state index in [4.69, 9.17) is 28.4 Å². The highest BCUT2D eigenvalue weighted by Crippen LogP contribution is 2.46. The van der Waals surface area contributed by atoms with Crippen molar-refractivity contribution in [1.82, 2.24) is 14.7 Å². The number of benzene rings is 2. The number of likely N-dealkylation sites (tertiary alicyclic amines) is 3. The monoisotopic (exact) mass is 751 g/mol. The molecule has 2 aromatic carbocycles. The summed E-state index contributed by atoms with van der Waals surface area (Å²) >= 11 is 0. The van der Waals surface area contributed by atoms with Crippen LogP contribution in [-0.4, -0.2) is 114 Å². The Labute approximate surface area is 319 Å². The maximum absolute atomic E-state index is 14.7. The highest BCUT2D eigenvalue weighted by molar-refractivity contribution is 5.77. The molecule has 1 unspecified atom stereocenters. The summed E-state index contributed by atoms with van der Waals surface area (Å²) in [6, 6.07) is 16.6. The molecule has 3 aliphatic rings. The minimum atomic E-state index is -1.07. The summed E-state index contributed by atoms with van der Waals surface area (Å²) in [6.07, 6.45) is -3.87. The first kappa shape index (κ1) is 40.7. The number of esters is 1. The molecule has 13 heteroatoms. The minimum absolute atomic E-state index is 0.0880. The summed E-state index contributed by atoms with van der Waals surface area (Å²) in [6.45, 7) is 18.0. The molecule has 5 rings (SSSR count). The second-order valence-corrected chi connectivity index (χ2v) is 17.7. The number of hydrogen-bond acceptors (Lipinski definition) is 11. The van der Waals surface area contributed by atoms with Gasteiger partial charge in [-0.05, 0) is 92.0 Å². The van der Waals surface area contributed by atoms with Gasteiger partial charge < -0.3 is 33.3 Å². The molecule has 13 nitrogen and oxygen atoms in total. The van der Waals surface area contributed by atoms with Crippen LogP contribution in [0.4, 0.5) is 14.4 Å². The van der Waals surface area contributed by atoms with Gasteiger partial charge in [-0.2, -0.15) is 0 Å². The third kappa shape index (κ3) is 10.4. The van der Waals surface area contributed by atoms with Gasteiger partial charge in [-0.1, -0.05) is 42.5 Å². The average molecular weight is 752 g/mol. The van der Waals surface area contributed by atoms with Crippen LogP contribution in [0.1, 0.15) is 73.4 Å². The molecule has 4 atom stereocenters. The number of nitrogens with zero attached hydrogens (tertiary/aromatic N) is 3. The number of carbonyl (C=O) groups is 4. The summed E-state index contributed by atoms with van der Waals surface area (Å²) in [5.41, 5.74) is -0.999. The molecule has 0 radical (unpaired) electrons. The quantitative estimate of drug-likeness (QED) is 0.218. The molecule has 296 valence electrons. The van der Waals surface area contributed by atoms with E-state index in [9.17, 15) is 19.2 Å². The van der Waals surface area contributed by atoms with Gasteiger partial charge in [0.2, 0.25) is 0 Å². The largest absolute Gasteiger partial charge is 0.509 e. The Kier molecular flexibility index (Phi) is 11.8. The molecule has 2 aromatic rings. The van der Waals surface area contributed by atoms with Crippen molar-refractivity contribution in [3.63, 3.8) is 0 Å². The van der Waals surface area contributed by atoms with E-state index in [0.29, 0.717) is 38.5 Å². The van der Waals surface area contributed by atoms with Gasteiger partial charge in [-0.3, -0.25) is 14.6 Å². The molecule has 0 aromatic heterocycles. The molecule has 54 heavy (non-hydrogen) atoms. The van der Waals surface area contributed by atoms with Crippen molar-refractivity contribution in [2.24, 2.45) is 11.3 Å². The topological polar surface area (TPSA) is 133 Å². The number of ether oxygens (including phenoxy) is 6. The third-order valence-corrected chi connectivity index (χ3v) is 9.56. The van der Waals surface area contributed by atoms with Gasteiger partial charge in [0, 0.05) is 38.1 Å². The van der Waals surface area contributed by atoms with E-state index in [0.717, 1.165) is 11.1 Å². The number of amides is 2. The predicted molar refractivity (Wildman–Crippen MR) is 200 cm³/mol. The van der Waals surface area contributed by atoms with Gasteiger partial charge in [0.25, 0.3) is 0 Å². The molecule has 2 amide bonds. The summed E-state index contributed by atoms with van der Waals surface area (Å²) in [5.74, 6) is -0.460. The third-order valence-electron chi connectivity index (χ3n) is 9.56. The molecule has 0 saturated carbocycles. The van der Waals surface area contributed by atoms with Crippen molar-refractivity contribution in [3.8, 4) is 5.75 Å². The Morgan fingerprint density at radius 3 is 1.87 bits per heavy atom. The van der Waals surface area contributed by atoms with Crippen LogP contribution in [-0.2, 0) is 41.4 Å². The fraction of sp³-hybridized carbons (Fsp3) is 0.610. The van der Waals surface area contributed by atoms with Gasteiger partial charge in [-0.15, -0.1) is 0 Å². The number of carbonyl (C=O) groups excluding carboxylic acids is 4. The first-order chi connectivity index (χ1) is 25.1. The molecule has 3 heterocycles. The standard InChI is InChI=1S/C41H57N3O10/c1-38(2,3)52-35(46)43-25-41(26-43)24-42(21-28-14-12-11-13-15-28)22-30(41)34(45)51-33-31(20-27-16-18-29(49-10)19-17-27)44(36(47)53-39(4,5)6)23-32(33)50-37(48)54-40(7,8)9/h11-19,30-33H,20-26H2,1-10H3/t30?,31-,32+,33+/m1/s1. The Bertz CT molecular complexity index is 1640. The van der Waals surface area contributed by atoms with Crippen LogP contribution in [0.25, 0.3) is 0 Å². The molecule has 3 saturated heterocycles. The van der Waals surface area contributed by atoms with E-state index in [1.54, 1.807) is 53.6 Å². The van der Waals surface area contributed by atoms with Crippen LogP contribution in [0.5, 0.6) is 5.75 Å². The Morgan fingerprint density at radius 2 is 1.30 bits per heavy atom. The maximum atomic E-state index is 14.7.